The second kappa shape index (κ2) is 4.91. The van der Waals surface area contributed by atoms with Gasteiger partial charge >= 0.3 is 5.69 Å². The van der Waals surface area contributed by atoms with Gasteiger partial charge in [-0.25, -0.2) is 4.79 Å². The average molecular weight is 380 g/mol. The summed E-state index contributed by atoms with van der Waals surface area (Å²) in [7, 11) is 1.65. The van der Waals surface area contributed by atoms with Crippen LogP contribution in [0.25, 0.3) is 0 Å². The molecule has 0 aliphatic heterocycles. The third-order valence-corrected chi connectivity index (χ3v) is 4.63. The number of hydrogen-bond donors (Lipinski definition) is 0. The number of nitrogens with zero attached hydrogens (tertiary/aromatic N) is 2. The van der Waals surface area contributed by atoms with Crippen molar-refractivity contribution >= 4 is 49.0 Å². The molecule has 0 saturated heterocycles. The van der Waals surface area contributed by atoms with Crippen LogP contribution in [0.4, 0.5) is 0 Å². The van der Waals surface area contributed by atoms with Gasteiger partial charge in [0.1, 0.15) is 0 Å². The van der Waals surface area contributed by atoms with Crippen molar-refractivity contribution in [2.45, 2.75) is 6.54 Å². The summed E-state index contributed by atoms with van der Waals surface area (Å²) >= 11 is 8.09. The number of halogens is 2. The molecule has 0 aliphatic carbocycles. The molecule has 0 saturated carbocycles. The molecule has 2 heterocycles. The van der Waals surface area contributed by atoms with Gasteiger partial charge in [0.25, 0.3) is 0 Å². The molecule has 0 aromatic carbocycles. The topological polar surface area (TPSA) is 44.0 Å². The van der Waals surface area contributed by atoms with Gasteiger partial charge in [-0.15, -0.1) is 11.3 Å². The standard InChI is InChI=1S/C10H8Br2N2O2S/c1-13-2-3-14(10(13)16)5-7(15)6-4-8(11)17-9(6)12/h2-4H,5H2,1H3. The fraction of sp³-hybridized carbons (Fsp3) is 0.200. The van der Waals surface area contributed by atoms with Gasteiger partial charge in [-0.05, 0) is 37.9 Å². The van der Waals surface area contributed by atoms with Crippen LogP contribution in [-0.2, 0) is 13.6 Å². The average Bonchev–Trinajstić information content (AvgIpc) is 2.75. The molecular weight excluding hydrogens is 372 g/mol. The van der Waals surface area contributed by atoms with Crippen molar-refractivity contribution in [3.63, 3.8) is 0 Å². The van der Waals surface area contributed by atoms with Gasteiger partial charge in [-0.3, -0.25) is 9.36 Å². The number of imidazole rings is 1. The summed E-state index contributed by atoms with van der Waals surface area (Å²) in [5.74, 6) is -0.0906. The van der Waals surface area contributed by atoms with Crippen molar-refractivity contribution in [2.75, 3.05) is 0 Å². The maximum absolute atomic E-state index is 12.0. The fourth-order valence-electron chi connectivity index (χ4n) is 1.40. The van der Waals surface area contributed by atoms with Gasteiger partial charge in [0, 0.05) is 25.0 Å². The summed E-state index contributed by atoms with van der Waals surface area (Å²) in [5, 5.41) is 0. The Labute approximate surface area is 118 Å². The second-order valence-electron chi connectivity index (χ2n) is 3.48. The highest BCUT2D eigenvalue weighted by Crippen LogP contribution is 2.32. The third-order valence-electron chi connectivity index (χ3n) is 2.29. The molecule has 7 heteroatoms. The number of carbonyl (C=O) groups excluding carboxylic acids is 1. The molecule has 2 aromatic heterocycles. The lowest BCUT2D eigenvalue weighted by atomic mass is 10.2. The lowest BCUT2D eigenvalue weighted by molar-refractivity contribution is 0.0970. The Hall–Kier alpha value is -0.660. The van der Waals surface area contributed by atoms with Gasteiger partial charge < -0.3 is 4.57 Å². The highest BCUT2D eigenvalue weighted by Gasteiger charge is 2.15. The summed E-state index contributed by atoms with van der Waals surface area (Å²) in [6.07, 6.45) is 3.24. The monoisotopic (exact) mass is 378 g/mol. The van der Waals surface area contributed by atoms with E-state index in [1.54, 1.807) is 25.5 Å². The first-order valence-electron chi connectivity index (χ1n) is 4.69. The van der Waals surface area contributed by atoms with E-state index < -0.39 is 0 Å². The number of ketones is 1. The number of Topliss-reactive ketones (excluding diaryl/α,β-unsaturated/α-hetero) is 1. The Balaban J connectivity index is 2.26. The van der Waals surface area contributed by atoms with Gasteiger partial charge in [-0.1, -0.05) is 0 Å². The van der Waals surface area contributed by atoms with E-state index in [2.05, 4.69) is 31.9 Å². The Morgan fingerprint density at radius 3 is 2.59 bits per heavy atom. The zero-order valence-electron chi connectivity index (χ0n) is 8.81. The molecule has 0 spiro atoms. The predicted octanol–water partition coefficient (Wildman–Crippen LogP) is 2.66. The molecule has 17 heavy (non-hydrogen) atoms. The summed E-state index contributed by atoms with van der Waals surface area (Å²) in [6, 6.07) is 1.76. The van der Waals surface area contributed by atoms with Crippen molar-refractivity contribution in [1.29, 1.82) is 0 Å². The molecule has 0 amide bonds. The molecule has 0 fully saturated rings. The van der Waals surface area contributed by atoms with E-state index in [4.69, 9.17) is 0 Å². The molecule has 0 radical (unpaired) electrons. The van der Waals surface area contributed by atoms with Crippen LogP contribution in [0.1, 0.15) is 10.4 Å². The van der Waals surface area contributed by atoms with Crippen LogP contribution in [0.5, 0.6) is 0 Å². The van der Waals surface area contributed by atoms with Crippen molar-refractivity contribution < 1.29 is 4.79 Å². The number of carbonyl (C=O) groups is 1. The van der Waals surface area contributed by atoms with Crippen LogP contribution < -0.4 is 5.69 Å². The molecule has 0 aliphatic rings. The molecule has 0 unspecified atom stereocenters. The van der Waals surface area contributed by atoms with Crippen molar-refractivity contribution in [3.8, 4) is 0 Å². The summed E-state index contributed by atoms with van der Waals surface area (Å²) in [5.41, 5.74) is 0.404. The van der Waals surface area contributed by atoms with E-state index >= 15 is 0 Å². The molecule has 90 valence electrons. The zero-order valence-corrected chi connectivity index (χ0v) is 12.8. The highest BCUT2D eigenvalue weighted by atomic mass is 79.9. The Bertz CT molecular complexity index is 627. The largest absolute Gasteiger partial charge is 0.328 e. The van der Waals surface area contributed by atoms with E-state index in [1.807, 2.05) is 0 Å². The molecule has 2 rings (SSSR count). The van der Waals surface area contributed by atoms with Crippen LogP contribution in [0.3, 0.4) is 0 Å². The number of aryl methyl sites for hydroxylation is 1. The van der Waals surface area contributed by atoms with Crippen molar-refractivity contribution in [3.05, 3.63) is 42.1 Å². The SMILES string of the molecule is Cn1ccn(CC(=O)c2cc(Br)sc2Br)c1=O. The first kappa shape index (κ1) is 12.8. The van der Waals surface area contributed by atoms with Gasteiger partial charge in [0.15, 0.2) is 5.78 Å². The summed E-state index contributed by atoms with van der Waals surface area (Å²) in [4.78, 5) is 23.6. The summed E-state index contributed by atoms with van der Waals surface area (Å²) < 4.78 is 4.48. The van der Waals surface area contributed by atoms with Crippen LogP contribution in [0.15, 0.2) is 30.8 Å². The van der Waals surface area contributed by atoms with Crippen LogP contribution in [0, 0.1) is 0 Å². The van der Waals surface area contributed by atoms with E-state index in [-0.39, 0.29) is 18.0 Å². The Morgan fingerprint density at radius 1 is 1.41 bits per heavy atom. The maximum atomic E-state index is 12.0. The number of hydrogen-bond acceptors (Lipinski definition) is 3. The Kier molecular flexibility index (Phi) is 3.70. The van der Waals surface area contributed by atoms with Crippen LogP contribution >= 0.6 is 43.2 Å². The number of thiophene rings is 1. The molecule has 0 bridgehead atoms. The van der Waals surface area contributed by atoms with E-state index in [0.717, 1.165) is 7.57 Å². The van der Waals surface area contributed by atoms with E-state index in [1.165, 1.54) is 20.5 Å². The minimum Gasteiger partial charge on any atom is -0.302 e. The zero-order chi connectivity index (χ0) is 12.6. The highest BCUT2D eigenvalue weighted by molar-refractivity contribution is 9.12. The van der Waals surface area contributed by atoms with Crippen LogP contribution in [-0.4, -0.2) is 14.9 Å². The van der Waals surface area contributed by atoms with Gasteiger partial charge in [0.05, 0.1) is 14.1 Å². The van der Waals surface area contributed by atoms with Gasteiger partial charge in [0.2, 0.25) is 0 Å². The number of aromatic nitrogens is 2. The normalized spacial score (nSPS) is 10.8. The second-order valence-corrected chi connectivity index (χ2v) is 7.23. The number of rotatable bonds is 3. The van der Waals surface area contributed by atoms with Crippen molar-refractivity contribution in [2.24, 2.45) is 7.05 Å². The fourth-order valence-corrected chi connectivity index (χ4v) is 4.26. The maximum Gasteiger partial charge on any atom is 0.328 e. The Morgan fingerprint density at radius 2 is 2.12 bits per heavy atom. The van der Waals surface area contributed by atoms with E-state index in [0.29, 0.717) is 5.56 Å². The third kappa shape index (κ3) is 2.61. The molecular formula is C10H8Br2N2O2S. The quantitative estimate of drug-likeness (QED) is 0.769. The minimum atomic E-state index is -0.191. The molecule has 0 N–H and O–H groups in total. The summed E-state index contributed by atoms with van der Waals surface area (Å²) in [6.45, 7) is 0.0570. The lowest BCUT2D eigenvalue weighted by Gasteiger charge is -1.99. The first-order chi connectivity index (χ1) is 7.99. The van der Waals surface area contributed by atoms with E-state index in [9.17, 15) is 9.59 Å². The van der Waals surface area contributed by atoms with Crippen molar-refractivity contribution in [1.82, 2.24) is 9.13 Å². The molecule has 0 atom stereocenters. The first-order valence-corrected chi connectivity index (χ1v) is 7.09. The smallest absolute Gasteiger partial charge is 0.302 e. The predicted molar refractivity (Wildman–Crippen MR) is 73.7 cm³/mol. The molecule has 2 aromatic rings. The lowest BCUT2D eigenvalue weighted by Crippen LogP contribution is -2.25. The molecule has 4 nitrogen and oxygen atoms in total. The minimum absolute atomic E-state index is 0.0570. The van der Waals surface area contributed by atoms with Gasteiger partial charge in [-0.2, -0.15) is 0 Å². The van der Waals surface area contributed by atoms with Crippen LogP contribution in [0.2, 0.25) is 0 Å².